The zero-order valence-electron chi connectivity index (χ0n) is 14.6. The Kier molecular flexibility index (Phi) is 5.61. The van der Waals surface area contributed by atoms with Gasteiger partial charge in [-0.1, -0.05) is 37.2 Å². The predicted molar refractivity (Wildman–Crippen MR) is 99.7 cm³/mol. The molecule has 0 aliphatic heterocycles. The van der Waals surface area contributed by atoms with Gasteiger partial charge < -0.3 is 15.2 Å². The molecule has 0 aliphatic rings. The molecular weight excluding hydrogens is 314 g/mol. The highest BCUT2D eigenvalue weighted by Crippen LogP contribution is 2.21. The van der Waals surface area contributed by atoms with Crippen LogP contribution in [0.15, 0.2) is 53.2 Å². The van der Waals surface area contributed by atoms with E-state index >= 15 is 0 Å². The molecule has 2 aromatic heterocycles. The molecule has 0 aliphatic carbocycles. The molecule has 0 spiro atoms. The van der Waals surface area contributed by atoms with Crippen LogP contribution in [-0.4, -0.2) is 28.2 Å². The van der Waals surface area contributed by atoms with E-state index in [1.165, 1.54) is 0 Å². The summed E-state index contributed by atoms with van der Waals surface area (Å²) >= 11 is 0. The molecule has 0 fully saturated rings. The largest absolute Gasteiger partial charge is 0.385 e. The van der Waals surface area contributed by atoms with Gasteiger partial charge >= 0.3 is 0 Å². The molecule has 6 nitrogen and oxygen atoms in total. The van der Waals surface area contributed by atoms with Gasteiger partial charge in [-0.05, 0) is 30.7 Å². The molecule has 6 heteroatoms. The molecule has 0 atom stereocenters. The van der Waals surface area contributed by atoms with E-state index in [4.69, 9.17) is 4.52 Å². The lowest BCUT2D eigenvalue weighted by Gasteiger charge is -2.08. The zero-order valence-corrected chi connectivity index (χ0v) is 14.6. The van der Waals surface area contributed by atoms with Crippen molar-refractivity contribution in [2.24, 2.45) is 0 Å². The van der Waals surface area contributed by atoms with Crippen LogP contribution in [0.3, 0.4) is 0 Å². The van der Waals surface area contributed by atoms with Gasteiger partial charge in [0.2, 0.25) is 0 Å². The van der Waals surface area contributed by atoms with Crippen molar-refractivity contribution < 1.29 is 4.52 Å². The smallest absolute Gasteiger partial charge is 0.258 e. The van der Waals surface area contributed by atoms with Crippen LogP contribution in [0.5, 0.6) is 0 Å². The van der Waals surface area contributed by atoms with Gasteiger partial charge in [-0.2, -0.15) is 4.98 Å². The number of benzene rings is 1. The van der Waals surface area contributed by atoms with Crippen LogP contribution in [0.1, 0.15) is 32.0 Å². The number of pyridine rings is 1. The topological polar surface area (TPSA) is 75.9 Å². The van der Waals surface area contributed by atoms with Gasteiger partial charge in [-0.15, -0.1) is 0 Å². The summed E-state index contributed by atoms with van der Waals surface area (Å²) in [4.78, 5) is 8.76. The van der Waals surface area contributed by atoms with Gasteiger partial charge in [0, 0.05) is 36.5 Å². The summed E-state index contributed by atoms with van der Waals surface area (Å²) in [7, 11) is 0. The van der Waals surface area contributed by atoms with Gasteiger partial charge in [0.1, 0.15) is 5.82 Å². The molecule has 0 unspecified atom stereocenters. The van der Waals surface area contributed by atoms with Gasteiger partial charge in [0.15, 0.2) is 5.82 Å². The Hall–Kier alpha value is -2.89. The minimum atomic E-state index is 0.244. The number of hydrogen-bond acceptors (Lipinski definition) is 6. The Morgan fingerprint density at radius 1 is 1.04 bits per heavy atom. The van der Waals surface area contributed by atoms with Gasteiger partial charge in [-0.3, -0.25) is 0 Å². The highest BCUT2D eigenvalue weighted by atomic mass is 16.5. The summed E-state index contributed by atoms with van der Waals surface area (Å²) in [5.74, 6) is 2.30. The summed E-state index contributed by atoms with van der Waals surface area (Å²) in [5.41, 5.74) is 2.01. The van der Waals surface area contributed by atoms with E-state index in [1.54, 1.807) is 6.20 Å². The fraction of sp³-hybridized carbons (Fsp3) is 0.316. The SMILES string of the molecule is CC(C)c1noc(-c2ccnc(NCCCNc3ccccc3)c2)n1. The second-order valence-electron chi connectivity index (χ2n) is 6.12. The summed E-state index contributed by atoms with van der Waals surface area (Å²) < 4.78 is 5.33. The normalized spacial score (nSPS) is 10.8. The van der Waals surface area contributed by atoms with E-state index in [9.17, 15) is 0 Å². The lowest BCUT2D eigenvalue weighted by atomic mass is 10.2. The number of para-hydroxylation sites is 1. The standard InChI is InChI=1S/C19H23N5O/c1-14(2)18-23-19(25-24-18)15-9-12-22-17(13-15)21-11-6-10-20-16-7-4-3-5-8-16/h3-5,7-9,12-14,20H,6,10-11H2,1-2H3,(H,21,22). The Balaban J connectivity index is 1.50. The van der Waals surface area contributed by atoms with E-state index in [-0.39, 0.29) is 5.92 Å². The van der Waals surface area contributed by atoms with E-state index in [0.29, 0.717) is 11.7 Å². The highest BCUT2D eigenvalue weighted by Gasteiger charge is 2.11. The predicted octanol–water partition coefficient (Wildman–Crippen LogP) is 4.17. The van der Waals surface area contributed by atoms with Crippen molar-refractivity contribution in [3.63, 3.8) is 0 Å². The van der Waals surface area contributed by atoms with Crippen molar-refractivity contribution in [3.05, 3.63) is 54.5 Å². The first-order valence-corrected chi connectivity index (χ1v) is 8.55. The third-order valence-electron chi connectivity index (χ3n) is 3.73. The molecule has 3 aromatic rings. The first-order chi connectivity index (χ1) is 12.2. The van der Waals surface area contributed by atoms with Crippen molar-refractivity contribution in [3.8, 4) is 11.5 Å². The molecule has 130 valence electrons. The van der Waals surface area contributed by atoms with Crippen LogP contribution >= 0.6 is 0 Å². The molecule has 1 aromatic carbocycles. The maximum Gasteiger partial charge on any atom is 0.258 e. The molecule has 25 heavy (non-hydrogen) atoms. The van der Waals surface area contributed by atoms with Crippen LogP contribution < -0.4 is 10.6 Å². The Morgan fingerprint density at radius 3 is 2.60 bits per heavy atom. The number of anilines is 2. The van der Waals surface area contributed by atoms with Crippen LogP contribution in [0.2, 0.25) is 0 Å². The Labute approximate surface area is 147 Å². The number of nitrogens with one attached hydrogen (secondary N) is 2. The number of aromatic nitrogens is 3. The highest BCUT2D eigenvalue weighted by molar-refractivity contribution is 5.57. The van der Waals surface area contributed by atoms with Gasteiger partial charge in [0.25, 0.3) is 5.89 Å². The summed E-state index contributed by atoms with van der Waals surface area (Å²) in [6.07, 6.45) is 2.73. The fourth-order valence-electron chi connectivity index (χ4n) is 2.34. The third kappa shape index (κ3) is 4.79. The second-order valence-corrected chi connectivity index (χ2v) is 6.12. The van der Waals surface area contributed by atoms with Gasteiger partial charge in [-0.25, -0.2) is 4.98 Å². The van der Waals surface area contributed by atoms with Crippen LogP contribution in [0.25, 0.3) is 11.5 Å². The molecule has 0 bridgehead atoms. The Morgan fingerprint density at radius 2 is 1.84 bits per heavy atom. The molecular formula is C19H23N5O. The van der Waals surface area contributed by atoms with Crippen molar-refractivity contribution in [2.45, 2.75) is 26.2 Å². The van der Waals surface area contributed by atoms with Crippen molar-refractivity contribution in [1.82, 2.24) is 15.1 Å². The molecule has 0 saturated heterocycles. The number of rotatable bonds is 8. The average molecular weight is 337 g/mol. The zero-order chi connectivity index (χ0) is 17.5. The molecule has 2 N–H and O–H groups in total. The van der Waals surface area contributed by atoms with Crippen LogP contribution in [0.4, 0.5) is 11.5 Å². The summed E-state index contributed by atoms with van der Waals surface area (Å²) in [5, 5.41) is 10.7. The van der Waals surface area contributed by atoms with E-state index in [0.717, 1.165) is 36.6 Å². The van der Waals surface area contributed by atoms with Crippen molar-refractivity contribution >= 4 is 11.5 Å². The maximum atomic E-state index is 5.33. The average Bonchev–Trinajstić information content (AvgIpc) is 3.13. The first-order valence-electron chi connectivity index (χ1n) is 8.55. The molecule has 0 amide bonds. The first kappa shape index (κ1) is 17.0. The van der Waals surface area contributed by atoms with Crippen LogP contribution in [0, 0.1) is 0 Å². The van der Waals surface area contributed by atoms with Crippen LogP contribution in [-0.2, 0) is 0 Å². The van der Waals surface area contributed by atoms with Crippen molar-refractivity contribution in [2.75, 3.05) is 23.7 Å². The third-order valence-corrected chi connectivity index (χ3v) is 3.73. The van der Waals surface area contributed by atoms with E-state index in [2.05, 4.69) is 37.9 Å². The van der Waals surface area contributed by atoms with E-state index in [1.807, 2.05) is 44.2 Å². The molecule has 3 rings (SSSR count). The van der Waals surface area contributed by atoms with Gasteiger partial charge in [0.05, 0.1) is 0 Å². The maximum absolute atomic E-state index is 5.33. The lowest BCUT2D eigenvalue weighted by Crippen LogP contribution is -2.09. The Bertz CT molecular complexity index is 785. The fourth-order valence-corrected chi connectivity index (χ4v) is 2.34. The minimum Gasteiger partial charge on any atom is -0.385 e. The lowest BCUT2D eigenvalue weighted by molar-refractivity contribution is 0.419. The number of hydrogen-bond donors (Lipinski definition) is 2. The quantitative estimate of drug-likeness (QED) is 0.601. The monoisotopic (exact) mass is 337 g/mol. The molecule has 0 saturated carbocycles. The van der Waals surface area contributed by atoms with Crippen molar-refractivity contribution in [1.29, 1.82) is 0 Å². The second kappa shape index (κ2) is 8.28. The summed E-state index contributed by atoms with van der Waals surface area (Å²) in [6.45, 7) is 5.81. The molecule has 2 heterocycles. The minimum absolute atomic E-state index is 0.244. The summed E-state index contributed by atoms with van der Waals surface area (Å²) in [6, 6.07) is 14.0. The van der Waals surface area contributed by atoms with E-state index < -0.39 is 0 Å². The molecule has 0 radical (unpaired) electrons. The number of nitrogens with zero attached hydrogens (tertiary/aromatic N) is 3.